The van der Waals surface area contributed by atoms with Gasteiger partial charge in [0.25, 0.3) is 5.91 Å². The summed E-state index contributed by atoms with van der Waals surface area (Å²) in [5, 5.41) is 1.39. The van der Waals surface area contributed by atoms with Gasteiger partial charge in [0.2, 0.25) is 0 Å². The molecule has 1 atom stereocenters. The summed E-state index contributed by atoms with van der Waals surface area (Å²) in [6, 6.07) is 0. The lowest BCUT2D eigenvalue weighted by Gasteiger charge is -2.32. The second kappa shape index (κ2) is 6.43. The van der Waals surface area contributed by atoms with E-state index in [2.05, 4.69) is 4.74 Å². The zero-order valence-corrected chi connectivity index (χ0v) is 13.1. The molecular formula is C13H15F9N2O2. The fraction of sp³-hybridized carbons (Fsp3) is 0.923. The Kier molecular flexibility index (Phi) is 5.21. The van der Waals surface area contributed by atoms with Crippen LogP contribution >= 0.6 is 0 Å². The van der Waals surface area contributed by atoms with Gasteiger partial charge in [-0.05, 0) is 25.9 Å². The first-order chi connectivity index (χ1) is 11.7. The van der Waals surface area contributed by atoms with E-state index in [1.165, 1.54) is 5.32 Å². The van der Waals surface area contributed by atoms with Crippen molar-refractivity contribution in [3.8, 4) is 0 Å². The minimum atomic E-state index is -6.66. The molecule has 0 radical (unpaired) electrons. The lowest BCUT2D eigenvalue weighted by molar-refractivity contribution is -0.367. The summed E-state index contributed by atoms with van der Waals surface area (Å²) in [6.45, 7) is 0.616. The summed E-state index contributed by atoms with van der Waals surface area (Å²) in [4.78, 5) is 13.1. The van der Waals surface area contributed by atoms with E-state index in [0.29, 0.717) is 13.1 Å². The number of nitrogens with one attached hydrogen (secondary N) is 1. The van der Waals surface area contributed by atoms with E-state index in [-0.39, 0.29) is 6.54 Å². The number of likely N-dealkylation sites (tertiary alicyclic amines) is 1. The number of carbonyl (C=O) groups excluding carboxylic acids is 1. The van der Waals surface area contributed by atoms with Gasteiger partial charge in [-0.25, -0.2) is 0 Å². The van der Waals surface area contributed by atoms with Gasteiger partial charge < -0.3 is 10.2 Å². The molecule has 0 aliphatic carbocycles. The number of alkyl halides is 9. The summed E-state index contributed by atoms with van der Waals surface area (Å²) in [5.41, 5.74) is 0. The topological polar surface area (TPSA) is 41.6 Å². The number of piperidine rings is 1. The molecule has 26 heavy (non-hydrogen) atoms. The van der Waals surface area contributed by atoms with Crippen molar-refractivity contribution in [2.24, 2.45) is 0 Å². The van der Waals surface area contributed by atoms with Gasteiger partial charge in [-0.3, -0.25) is 9.53 Å². The average molecular weight is 402 g/mol. The first-order valence-corrected chi connectivity index (χ1v) is 7.62. The maximum atomic E-state index is 13.9. The van der Waals surface area contributed by atoms with E-state index in [0.717, 1.165) is 19.3 Å². The third kappa shape index (κ3) is 2.92. The molecule has 0 unspecified atom stereocenters. The highest BCUT2D eigenvalue weighted by Gasteiger charge is 2.96. The Labute approximate surface area is 141 Å². The molecule has 1 N–H and O–H groups in total. The van der Waals surface area contributed by atoms with E-state index in [9.17, 15) is 44.3 Å². The van der Waals surface area contributed by atoms with Crippen molar-refractivity contribution in [1.29, 1.82) is 0 Å². The molecule has 0 bridgehead atoms. The van der Waals surface area contributed by atoms with Crippen molar-refractivity contribution in [3.63, 3.8) is 0 Å². The first kappa shape index (κ1) is 21.1. The molecular weight excluding hydrogens is 387 g/mol. The number of hydrogen-bond acceptors (Lipinski definition) is 3. The van der Waals surface area contributed by atoms with Crippen LogP contribution in [-0.2, 0) is 9.53 Å². The quantitative estimate of drug-likeness (QED) is 0.720. The van der Waals surface area contributed by atoms with Gasteiger partial charge in [0.15, 0.2) is 0 Å². The van der Waals surface area contributed by atoms with Crippen molar-refractivity contribution in [1.82, 2.24) is 10.2 Å². The molecule has 152 valence electrons. The van der Waals surface area contributed by atoms with Crippen molar-refractivity contribution in [2.45, 2.75) is 49.0 Å². The van der Waals surface area contributed by atoms with Crippen LogP contribution in [0.1, 0.15) is 19.3 Å². The third-order valence-corrected chi connectivity index (χ3v) is 4.28. The molecule has 2 rings (SSSR count). The molecule has 0 spiro atoms. The second-order valence-corrected chi connectivity index (χ2v) is 6.10. The van der Waals surface area contributed by atoms with Gasteiger partial charge >= 0.3 is 29.7 Å². The Morgan fingerprint density at radius 2 is 1.50 bits per heavy atom. The van der Waals surface area contributed by atoms with Gasteiger partial charge in [-0.1, -0.05) is 6.42 Å². The van der Waals surface area contributed by atoms with Crippen LogP contribution in [0.5, 0.6) is 0 Å². The summed E-state index contributed by atoms with van der Waals surface area (Å²) >= 11 is 0. The predicted octanol–water partition coefficient (Wildman–Crippen LogP) is 2.78. The molecule has 2 heterocycles. The molecule has 2 aliphatic heterocycles. The fourth-order valence-electron chi connectivity index (χ4n) is 2.72. The number of halogens is 9. The minimum absolute atomic E-state index is 0.00464. The van der Waals surface area contributed by atoms with E-state index in [1.807, 2.05) is 0 Å². The molecule has 0 aromatic heterocycles. The monoisotopic (exact) mass is 402 g/mol. The number of ether oxygens (including phenoxy) is 1. The standard InChI is InChI=1S/C13H15F9N2O2/c14-9(15,8(25)23-4-7-24-5-2-1-3-6-24)12(20)10(16,17)11(18,19)13(21,22)26-12/h1-7H2,(H,23,25)/t12-/m0/s1. The number of nitrogens with zero attached hydrogens (tertiary/aromatic N) is 1. The highest BCUT2D eigenvalue weighted by Crippen LogP contribution is 2.64. The van der Waals surface area contributed by atoms with Crippen molar-refractivity contribution in [2.75, 3.05) is 26.2 Å². The molecule has 0 aromatic rings. The van der Waals surface area contributed by atoms with Gasteiger partial charge in [-0.15, -0.1) is 0 Å². The predicted molar refractivity (Wildman–Crippen MR) is 68.0 cm³/mol. The zero-order chi connectivity index (χ0) is 20.0. The fourth-order valence-corrected chi connectivity index (χ4v) is 2.72. The van der Waals surface area contributed by atoms with Gasteiger partial charge in [-0.2, -0.15) is 39.5 Å². The van der Waals surface area contributed by atoms with Crippen LogP contribution in [-0.4, -0.2) is 66.7 Å². The van der Waals surface area contributed by atoms with Crippen LogP contribution in [0.25, 0.3) is 0 Å². The average Bonchev–Trinajstić information content (AvgIpc) is 2.63. The summed E-state index contributed by atoms with van der Waals surface area (Å²) in [6.07, 6.45) is -3.67. The number of rotatable bonds is 5. The Morgan fingerprint density at radius 3 is 1.96 bits per heavy atom. The van der Waals surface area contributed by atoms with Crippen LogP contribution in [0.3, 0.4) is 0 Å². The molecule has 4 nitrogen and oxygen atoms in total. The SMILES string of the molecule is O=C(NCCN1CCCCC1)C(F)(F)[C@]1(F)OC(F)(F)C(F)(F)C1(F)F. The zero-order valence-electron chi connectivity index (χ0n) is 13.1. The van der Waals surface area contributed by atoms with E-state index < -0.39 is 42.2 Å². The van der Waals surface area contributed by atoms with Crippen molar-refractivity contribution < 1.29 is 49.0 Å². The Morgan fingerprint density at radius 1 is 0.962 bits per heavy atom. The molecule has 0 aromatic carbocycles. The summed E-state index contributed by atoms with van der Waals surface area (Å²) < 4.78 is 122. The first-order valence-electron chi connectivity index (χ1n) is 7.62. The molecule has 0 saturated carbocycles. The van der Waals surface area contributed by atoms with Crippen LogP contribution in [0.4, 0.5) is 39.5 Å². The van der Waals surface area contributed by atoms with Crippen LogP contribution in [0.15, 0.2) is 0 Å². The number of hydrogen-bond donors (Lipinski definition) is 1. The summed E-state index contributed by atoms with van der Waals surface area (Å²) in [7, 11) is 0. The molecule has 2 aliphatic rings. The van der Waals surface area contributed by atoms with Crippen LogP contribution < -0.4 is 5.32 Å². The largest absolute Gasteiger partial charge is 0.428 e. The maximum Gasteiger partial charge on any atom is 0.428 e. The van der Waals surface area contributed by atoms with Gasteiger partial charge in [0, 0.05) is 13.1 Å². The van der Waals surface area contributed by atoms with Gasteiger partial charge in [0.05, 0.1) is 0 Å². The highest BCUT2D eigenvalue weighted by atomic mass is 19.4. The smallest absolute Gasteiger partial charge is 0.349 e. The molecule has 1 amide bonds. The molecule has 2 fully saturated rings. The number of amides is 1. The lowest BCUT2D eigenvalue weighted by atomic mass is 9.99. The normalized spacial score (nSPS) is 31.0. The summed E-state index contributed by atoms with van der Waals surface area (Å²) in [5.74, 6) is -28.2. The Balaban J connectivity index is 2.10. The van der Waals surface area contributed by atoms with Crippen LogP contribution in [0, 0.1) is 0 Å². The lowest BCUT2D eigenvalue weighted by Crippen LogP contribution is -2.65. The third-order valence-electron chi connectivity index (χ3n) is 4.28. The van der Waals surface area contributed by atoms with Gasteiger partial charge in [0.1, 0.15) is 0 Å². The Bertz CT molecular complexity index is 552. The second-order valence-electron chi connectivity index (χ2n) is 6.10. The maximum absolute atomic E-state index is 13.9. The van der Waals surface area contributed by atoms with Crippen molar-refractivity contribution in [3.05, 3.63) is 0 Å². The highest BCUT2D eigenvalue weighted by molar-refractivity contribution is 5.85. The minimum Gasteiger partial charge on any atom is -0.349 e. The molecule has 2 saturated heterocycles. The van der Waals surface area contributed by atoms with E-state index >= 15 is 0 Å². The Hall–Kier alpha value is -1.24. The van der Waals surface area contributed by atoms with Crippen LogP contribution in [0.2, 0.25) is 0 Å². The number of carbonyl (C=O) groups is 1. The van der Waals surface area contributed by atoms with E-state index in [1.54, 1.807) is 4.90 Å². The molecule has 13 heteroatoms. The van der Waals surface area contributed by atoms with Crippen molar-refractivity contribution >= 4 is 5.91 Å². The van der Waals surface area contributed by atoms with E-state index in [4.69, 9.17) is 0 Å².